The summed E-state index contributed by atoms with van der Waals surface area (Å²) in [6.07, 6.45) is 3.41. The van der Waals surface area contributed by atoms with E-state index in [0.29, 0.717) is 28.6 Å². The van der Waals surface area contributed by atoms with Gasteiger partial charge in [0.15, 0.2) is 11.5 Å². The maximum atomic E-state index is 13.1. The summed E-state index contributed by atoms with van der Waals surface area (Å²) < 4.78 is 13.7. The van der Waals surface area contributed by atoms with E-state index in [1.807, 2.05) is 30.9 Å². The van der Waals surface area contributed by atoms with Crippen molar-refractivity contribution in [1.82, 2.24) is 19.8 Å². The first-order valence-electron chi connectivity index (χ1n) is 11.0. The first-order chi connectivity index (χ1) is 15.8. The third kappa shape index (κ3) is 3.25. The first kappa shape index (κ1) is 21.1. The Hall–Kier alpha value is -3.81. The number of nitrogens with one attached hydrogen (secondary N) is 1. The van der Waals surface area contributed by atoms with Crippen molar-refractivity contribution in [2.24, 2.45) is 5.92 Å². The van der Waals surface area contributed by atoms with Crippen LogP contribution < -0.4 is 10.1 Å². The zero-order chi connectivity index (χ0) is 23.4. The van der Waals surface area contributed by atoms with Crippen molar-refractivity contribution in [3.8, 4) is 11.5 Å². The number of ether oxygens (including phenoxy) is 1. The molecule has 170 valence electrons. The van der Waals surface area contributed by atoms with Crippen molar-refractivity contribution < 1.29 is 18.7 Å². The van der Waals surface area contributed by atoms with Gasteiger partial charge in [-0.1, -0.05) is 6.92 Å². The molecular weight excluding hydrogens is 420 g/mol. The number of aromatic nitrogens is 2. The predicted octanol–water partition coefficient (Wildman–Crippen LogP) is 4.33. The normalized spacial score (nSPS) is 17.9. The summed E-state index contributed by atoms with van der Waals surface area (Å²) in [5, 5.41) is 7.83. The van der Waals surface area contributed by atoms with Crippen molar-refractivity contribution >= 4 is 28.3 Å². The lowest BCUT2D eigenvalue weighted by atomic mass is 9.91. The number of carbonyl (C=O) groups is 2. The van der Waals surface area contributed by atoms with Gasteiger partial charge in [0.2, 0.25) is 0 Å². The molecule has 8 nitrogen and oxygen atoms in total. The first-order valence-corrected chi connectivity index (χ1v) is 11.0. The molecule has 3 aromatic heterocycles. The molecule has 2 unspecified atom stereocenters. The largest absolute Gasteiger partial charge is 0.455 e. The number of hydrogen-bond acceptors (Lipinski definition) is 5. The minimum atomic E-state index is -0.270. The number of likely N-dealkylation sites (tertiary alicyclic amines) is 1. The van der Waals surface area contributed by atoms with Crippen molar-refractivity contribution in [2.75, 3.05) is 13.6 Å². The lowest BCUT2D eigenvalue weighted by Crippen LogP contribution is -2.55. The van der Waals surface area contributed by atoms with E-state index in [0.717, 1.165) is 28.6 Å². The number of benzene rings is 1. The van der Waals surface area contributed by atoms with Crippen LogP contribution >= 0.6 is 0 Å². The maximum absolute atomic E-state index is 13.1. The summed E-state index contributed by atoms with van der Waals surface area (Å²) >= 11 is 0. The van der Waals surface area contributed by atoms with Crippen LogP contribution in [-0.4, -0.2) is 46.0 Å². The standard InChI is InChI=1S/C25H26N4O4/c1-13-11-28(16(13)4)25(31)19-12-29-22(14(19)2)20(8-9-27-29)32-17-6-7-18-15(3)23(24(30)26-5)33-21(18)10-17/h6-10,12-13,16H,11H2,1-5H3,(H,26,30). The number of carbonyl (C=O) groups excluding carboxylic acids is 2. The topological polar surface area (TPSA) is 89.1 Å². The molecule has 0 bridgehead atoms. The molecule has 1 fully saturated rings. The quantitative estimate of drug-likeness (QED) is 0.504. The molecule has 1 aliphatic heterocycles. The number of amides is 2. The molecule has 2 atom stereocenters. The van der Waals surface area contributed by atoms with Crippen LogP contribution in [0.25, 0.3) is 16.5 Å². The van der Waals surface area contributed by atoms with E-state index in [2.05, 4.69) is 24.3 Å². The Morgan fingerprint density at radius 3 is 2.67 bits per heavy atom. The lowest BCUT2D eigenvalue weighted by Gasteiger charge is -2.44. The summed E-state index contributed by atoms with van der Waals surface area (Å²) in [4.78, 5) is 27.1. The molecule has 1 aromatic carbocycles. The molecule has 1 saturated heterocycles. The van der Waals surface area contributed by atoms with E-state index >= 15 is 0 Å². The van der Waals surface area contributed by atoms with Crippen molar-refractivity contribution in [3.05, 3.63) is 59.1 Å². The van der Waals surface area contributed by atoms with E-state index in [9.17, 15) is 9.59 Å². The van der Waals surface area contributed by atoms with Gasteiger partial charge in [-0.05, 0) is 44.4 Å². The Morgan fingerprint density at radius 2 is 1.97 bits per heavy atom. The molecule has 1 N–H and O–H groups in total. The van der Waals surface area contributed by atoms with Gasteiger partial charge in [-0.25, -0.2) is 4.52 Å². The van der Waals surface area contributed by atoms with Crippen LogP contribution in [0.4, 0.5) is 0 Å². The average Bonchev–Trinajstić information content (AvgIpc) is 3.33. The van der Waals surface area contributed by atoms with E-state index in [1.165, 1.54) is 0 Å². The van der Waals surface area contributed by atoms with Gasteiger partial charge in [-0.2, -0.15) is 5.10 Å². The molecule has 0 radical (unpaired) electrons. The summed E-state index contributed by atoms with van der Waals surface area (Å²) in [5.41, 5.74) is 3.54. The summed E-state index contributed by atoms with van der Waals surface area (Å²) in [7, 11) is 1.57. The average molecular weight is 447 g/mol. The fourth-order valence-corrected chi connectivity index (χ4v) is 4.47. The molecule has 8 heteroatoms. The third-order valence-electron chi connectivity index (χ3n) is 6.75. The highest BCUT2D eigenvalue weighted by Crippen LogP contribution is 2.35. The summed E-state index contributed by atoms with van der Waals surface area (Å²) in [5.74, 6) is 1.69. The molecule has 0 aliphatic carbocycles. The highest BCUT2D eigenvalue weighted by molar-refractivity contribution is 6.00. The molecule has 0 saturated carbocycles. The second kappa shape index (κ2) is 7.65. The Morgan fingerprint density at radius 1 is 1.18 bits per heavy atom. The fraction of sp³-hybridized carbons (Fsp3) is 0.320. The molecule has 1 aliphatic rings. The summed E-state index contributed by atoms with van der Waals surface area (Å²) in [6.45, 7) is 8.76. The van der Waals surface area contributed by atoms with Crippen LogP contribution in [0.3, 0.4) is 0 Å². The van der Waals surface area contributed by atoms with Gasteiger partial charge in [0.1, 0.15) is 16.8 Å². The number of nitrogens with zero attached hydrogens (tertiary/aromatic N) is 3. The zero-order valence-corrected chi connectivity index (χ0v) is 19.3. The SMILES string of the molecule is CNC(=O)c1oc2cc(Oc3ccnn4cc(C(=O)N5CC(C)C5C)c(C)c34)ccc2c1C. The van der Waals surface area contributed by atoms with E-state index in [-0.39, 0.29) is 23.6 Å². The number of aryl methyl sites for hydroxylation is 2. The molecule has 0 spiro atoms. The van der Waals surface area contributed by atoms with Crippen LogP contribution in [0.5, 0.6) is 11.5 Å². The van der Waals surface area contributed by atoms with Gasteiger partial charge >= 0.3 is 0 Å². The smallest absolute Gasteiger partial charge is 0.287 e. The third-order valence-corrected chi connectivity index (χ3v) is 6.75. The number of hydrogen-bond donors (Lipinski definition) is 1. The van der Waals surface area contributed by atoms with Gasteiger partial charge in [-0.3, -0.25) is 9.59 Å². The number of rotatable bonds is 4. The van der Waals surface area contributed by atoms with E-state index in [4.69, 9.17) is 9.15 Å². The second-order valence-corrected chi connectivity index (χ2v) is 8.73. The summed E-state index contributed by atoms with van der Waals surface area (Å²) in [6, 6.07) is 7.48. The van der Waals surface area contributed by atoms with Crippen LogP contribution in [0, 0.1) is 19.8 Å². The van der Waals surface area contributed by atoms with Crippen LogP contribution in [0.1, 0.15) is 45.9 Å². The zero-order valence-electron chi connectivity index (χ0n) is 19.3. The molecule has 4 aromatic rings. The predicted molar refractivity (Wildman–Crippen MR) is 124 cm³/mol. The Balaban J connectivity index is 1.50. The van der Waals surface area contributed by atoms with Crippen molar-refractivity contribution in [3.63, 3.8) is 0 Å². The van der Waals surface area contributed by atoms with Crippen LogP contribution in [-0.2, 0) is 0 Å². The van der Waals surface area contributed by atoms with Gasteiger partial charge in [0.25, 0.3) is 11.8 Å². The minimum Gasteiger partial charge on any atom is -0.455 e. The molecule has 33 heavy (non-hydrogen) atoms. The van der Waals surface area contributed by atoms with E-state index in [1.54, 1.807) is 36.1 Å². The van der Waals surface area contributed by atoms with Crippen LogP contribution in [0.2, 0.25) is 0 Å². The molecule has 5 rings (SSSR count). The highest BCUT2D eigenvalue weighted by atomic mass is 16.5. The Bertz CT molecular complexity index is 1420. The monoisotopic (exact) mass is 446 g/mol. The minimum absolute atomic E-state index is 0.0174. The van der Waals surface area contributed by atoms with Crippen molar-refractivity contribution in [2.45, 2.75) is 33.7 Å². The number of furan rings is 1. The maximum Gasteiger partial charge on any atom is 0.287 e. The Kier molecular flexibility index (Phi) is 4.88. The van der Waals surface area contributed by atoms with Gasteiger partial charge in [-0.15, -0.1) is 0 Å². The number of fused-ring (bicyclic) bond motifs is 2. The Labute approximate surface area is 191 Å². The van der Waals surface area contributed by atoms with Crippen molar-refractivity contribution in [1.29, 1.82) is 0 Å². The van der Waals surface area contributed by atoms with Crippen LogP contribution in [0.15, 0.2) is 41.1 Å². The molecular formula is C25H26N4O4. The van der Waals surface area contributed by atoms with Gasteiger partial charge in [0, 0.05) is 48.9 Å². The van der Waals surface area contributed by atoms with Gasteiger partial charge < -0.3 is 19.4 Å². The lowest BCUT2D eigenvalue weighted by molar-refractivity contribution is 0.0269. The second-order valence-electron chi connectivity index (χ2n) is 8.73. The molecule has 2 amide bonds. The highest BCUT2D eigenvalue weighted by Gasteiger charge is 2.37. The molecule has 4 heterocycles. The van der Waals surface area contributed by atoms with Gasteiger partial charge in [0.05, 0.1) is 11.8 Å². The fourth-order valence-electron chi connectivity index (χ4n) is 4.47. The van der Waals surface area contributed by atoms with E-state index < -0.39 is 0 Å².